The van der Waals surface area contributed by atoms with Crippen molar-refractivity contribution in [2.45, 2.75) is 12.8 Å². The average molecular weight is 283 g/mol. The lowest BCUT2D eigenvalue weighted by atomic mass is 9.83. The maximum atomic E-state index is 9.70. The molecule has 6 heteroatoms. The Morgan fingerprint density at radius 2 is 2.10 bits per heavy atom. The Kier molecular flexibility index (Phi) is 2.77. The first-order chi connectivity index (χ1) is 10.0. The van der Waals surface area contributed by atoms with E-state index in [9.17, 15) is 15.5 Å². The van der Waals surface area contributed by atoms with Gasteiger partial charge in [-0.3, -0.25) is 0 Å². The van der Waals surface area contributed by atoms with Crippen molar-refractivity contribution in [2.75, 3.05) is 0 Å². The fourth-order valence-electron chi connectivity index (χ4n) is 2.58. The first-order valence-corrected chi connectivity index (χ1v) is 6.30. The lowest BCUT2D eigenvalue weighted by molar-refractivity contribution is 0.380. The third kappa shape index (κ3) is 1.87. The van der Waals surface area contributed by atoms with E-state index in [1.807, 2.05) is 6.92 Å². The summed E-state index contributed by atoms with van der Waals surface area (Å²) in [4.78, 5) is 2.97. The fraction of sp³-hybridized carbons (Fsp3) is 0.133. The quantitative estimate of drug-likeness (QED) is 0.597. The van der Waals surface area contributed by atoms with Gasteiger partial charge in [0.2, 0.25) is 11.8 Å². The van der Waals surface area contributed by atoms with Crippen LogP contribution in [0.3, 0.4) is 0 Å². The number of aromatic amines is 1. The minimum atomic E-state index is -0.448. The molecule has 1 atom stereocenters. The molecule has 0 fully saturated rings. The van der Waals surface area contributed by atoms with E-state index in [0.29, 0.717) is 11.4 Å². The fourth-order valence-corrected chi connectivity index (χ4v) is 2.58. The van der Waals surface area contributed by atoms with Gasteiger partial charge < -0.3 is 25.7 Å². The Hall–Kier alpha value is -3.07. The minimum Gasteiger partial charge on any atom is -0.504 e. The Morgan fingerprint density at radius 1 is 1.33 bits per heavy atom. The molecule has 1 unspecified atom stereocenters. The van der Waals surface area contributed by atoms with Crippen LogP contribution in [0, 0.1) is 18.3 Å². The minimum absolute atomic E-state index is 0.0319. The molecule has 6 nitrogen and oxygen atoms in total. The highest BCUT2D eigenvalue weighted by atomic mass is 16.5. The van der Waals surface area contributed by atoms with Crippen LogP contribution in [0.1, 0.15) is 22.6 Å². The summed E-state index contributed by atoms with van der Waals surface area (Å²) in [7, 11) is 0. The molecular formula is C15H13N3O3. The van der Waals surface area contributed by atoms with Crippen LogP contribution >= 0.6 is 0 Å². The summed E-state index contributed by atoms with van der Waals surface area (Å²) in [5.74, 6) is -0.389. The van der Waals surface area contributed by atoms with Gasteiger partial charge in [0, 0.05) is 11.8 Å². The largest absolute Gasteiger partial charge is 0.504 e. The SMILES string of the molecule is Cc1c[nH]c2c1C(c1ccc(O)c(O)c1)C(C#N)=C(N)O2. The summed E-state index contributed by atoms with van der Waals surface area (Å²) in [5, 5.41) is 28.5. The smallest absolute Gasteiger partial charge is 0.207 e. The zero-order chi connectivity index (χ0) is 15.1. The van der Waals surface area contributed by atoms with Gasteiger partial charge in [0.25, 0.3) is 0 Å². The van der Waals surface area contributed by atoms with Gasteiger partial charge >= 0.3 is 0 Å². The number of hydrogen-bond donors (Lipinski definition) is 4. The lowest BCUT2D eigenvalue weighted by Gasteiger charge is -2.24. The van der Waals surface area contributed by atoms with Crippen LogP contribution in [-0.4, -0.2) is 15.2 Å². The van der Waals surface area contributed by atoms with Gasteiger partial charge in [-0.05, 0) is 30.2 Å². The normalized spacial score (nSPS) is 17.0. The molecule has 0 saturated carbocycles. The molecule has 5 N–H and O–H groups in total. The Labute approximate surface area is 120 Å². The Balaban J connectivity index is 2.24. The van der Waals surface area contributed by atoms with Crippen LogP contribution in [0.4, 0.5) is 0 Å². The van der Waals surface area contributed by atoms with Crippen molar-refractivity contribution < 1.29 is 14.9 Å². The van der Waals surface area contributed by atoms with Crippen molar-refractivity contribution in [3.8, 4) is 23.4 Å². The third-order valence-electron chi connectivity index (χ3n) is 3.60. The molecular weight excluding hydrogens is 270 g/mol. The topological polar surface area (TPSA) is 115 Å². The number of aromatic hydroxyl groups is 2. The number of aromatic nitrogens is 1. The predicted molar refractivity (Wildman–Crippen MR) is 74.6 cm³/mol. The zero-order valence-corrected chi connectivity index (χ0v) is 11.2. The molecule has 1 aromatic carbocycles. The van der Waals surface area contributed by atoms with Crippen LogP contribution in [0.5, 0.6) is 17.4 Å². The second-order valence-electron chi connectivity index (χ2n) is 4.89. The van der Waals surface area contributed by atoms with Gasteiger partial charge in [-0.2, -0.15) is 5.26 Å². The molecule has 0 bridgehead atoms. The molecule has 1 aliphatic rings. The highest BCUT2D eigenvalue weighted by Gasteiger charge is 2.33. The van der Waals surface area contributed by atoms with Crippen LogP contribution in [0.25, 0.3) is 0 Å². The van der Waals surface area contributed by atoms with Gasteiger partial charge in [0.1, 0.15) is 11.6 Å². The zero-order valence-electron chi connectivity index (χ0n) is 11.2. The second-order valence-corrected chi connectivity index (χ2v) is 4.89. The van der Waals surface area contributed by atoms with Crippen molar-refractivity contribution in [1.29, 1.82) is 5.26 Å². The van der Waals surface area contributed by atoms with Crippen LogP contribution in [0.2, 0.25) is 0 Å². The maximum absolute atomic E-state index is 9.70. The van der Waals surface area contributed by atoms with Crippen molar-refractivity contribution >= 4 is 0 Å². The highest BCUT2D eigenvalue weighted by Crippen LogP contribution is 2.44. The molecule has 0 radical (unpaired) electrons. The Bertz CT molecular complexity index is 799. The number of nitrogens with zero attached hydrogens (tertiary/aromatic N) is 1. The van der Waals surface area contributed by atoms with Crippen LogP contribution in [0.15, 0.2) is 35.9 Å². The molecule has 3 rings (SSSR count). The monoisotopic (exact) mass is 283 g/mol. The number of H-pyrrole nitrogens is 1. The predicted octanol–water partition coefficient (Wildman–Crippen LogP) is 1.95. The molecule has 21 heavy (non-hydrogen) atoms. The number of benzene rings is 1. The molecule has 0 aliphatic carbocycles. The summed E-state index contributed by atoms with van der Waals surface area (Å²) in [6.45, 7) is 1.89. The van der Waals surface area contributed by atoms with E-state index < -0.39 is 5.92 Å². The molecule has 106 valence electrons. The van der Waals surface area contributed by atoms with Gasteiger partial charge in [0.05, 0.1) is 5.92 Å². The van der Waals surface area contributed by atoms with Gasteiger partial charge in [-0.15, -0.1) is 0 Å². The summed E-state index contributed by atoms with van der Waals surface area (Å²) < 4.78 is 5.43. The molecule has 0 saturated heterocycles. The summed E-state index contributed by atoms with van der Waals surface area (Å²) in [6.07, 6.45) is 1.77. The Morgan fingerprint density at radius 3 is 2.76 bits per heavy atom. The van der Waals surface area contributed by atoms with Crippen molar-refractivity contribution in [1.82, 2.24) is 4.98 Å². The summed E-state index contributed by atoms with van der Waals surface area (Å²) in [5.41, 5.74) is 8.45. The van der Waals surface area contributed by atoms with E-state index in [-0.39, 0.29) is 23.0 Å². The van der Waals surface area contributed by atoms with E-state index in [2.05, 4.69) is 11.1 Å². The van der Waals surface area contributed by atoms with Crippen molar-refractivity contribution in [2.24, 2.45) is 5.73 Å². The average Bonchev–Trinajstić information content (AvgIpc) is 2.81. The van der Waals surface area contributed by atoms with E-state index >= 15 is 0 Å². The lowest BCUT2D eigenvalue weighted by Crippen LogP contribution is -2.21. The van der Waals surface area contributed by atoms with Crippen molar-refractivity contribution in [3.05, 3.63) is 52.5 Å². The molecule has 1 aliphatic heterocycles. The van der Waals surface area contributed by atoms with Gasteiger partial charge in [-0.25, -0.2) is 0 Å². The molecule has 0 spiro atoms. The number of nitrogens with two attached hydrogens (primary N) is 1. The maximum Gasteiger partial charge on any atom is 0.207 e. The number of allylic oxidation sites excluding steroid dienone is 1. The molecule has 0 amide bonds. The second kappa shape index (κ2) is 4.49. The highest BCUT2D eigenvalue weighted by molar-refractivity contribution is 5.58. The van der Waals surface area contributed by atoms with E-state index in [1.54, 1.807) is 12.3 Å². The van der Waals surface area contributed by atoms with E-state index in [0.717, 1.165) is 11.1 Å². The number of phenols is 2. The number of aryl methyl sites for hydroxylation is 1. The molecule has 1 aromatic heterocycles. The number of nitriles is 1. The summed E-state index contributed by atoms with van der Waals surface area (Å²) >= 11 is 0. The van der Waals surface area contributed by atoms with Gasteiger partial charge in [0.15, 0.2) is 11.5 Å². The van der Waals surface area contributed by atoms with E-state index in [4.69, 9.17) is 10.5 Å². The number of fused-ring (bicyclic) bond motifs is 1. The molecule has 2 aromatic rings. The van der Waals surface area contributed by atoms with Crippen LogP contribution in [-0.2, 0) is 0 Å². The van der Waals surface area contributed by atoms with Gasteiger partial charge in [-0.1, -0.05) is 6.07 Å². The molecule has 2 heterocycles. The summed E-state index contributed by atoms with van der Waals surface area (Å²) in [6, 6.07) is 6.52. The first kappa shape index (κ1) is 12.9. The number of hydrogen-bond acceptors (Lipinski definition) is 5. The number of phenolic OH excluding ortho intramolecular Hbond substituents is 2. The van der Waals surface area contributed by atoms with Crippen molar-refractivity contribution in [3.63, 3.8) is 0 Å². The number of rotatable bonds is 1. The number of nitrogens with one attached hydrogen (secondary N) is 1. The van der Waals surface area contributed by atoms with Crippen LogP contribution < -0.4 is 10.5 Å². The third-order valence-corrected chi connectivity index (χ3v) is 3.60. The number of ether oxygens (including phenoxy) is 1. The standard InChI is InChI=1S/C15H13N3O3/c1-7-6-18-15-12(7)13(9(5-16)14(17)21-15)8-2-3-10(19)11(20)4-8/h2-4,6,13,18-20H,17H2,1H3. The first-order valence-electron chi connectivity index (χ1n) is 6.30. The van der Waals surface area contributed by atoms with E-state index in [1.165, 1.54) is 12.1 Å².